The molecule has 0 aliphatic carbocycles. The van der Waals surface area contributed by atoms with E-state index in [1.807, 2.05) is 60.0 Å². The SMILES string of the molecule is CCn1c(NC(=O)CCc2ccccc2Br)nc2ccccc21. The van der Waals surface area contributed by atoms with E-state index in [0.717, 1.165) is 27.6 Å². The van der Waals surface area contributed by atoms with Gasteiger partial charge >= 0.3 is 0 Å². The molecule has 0 saturated carbocycles. The molecule has 0 atom stereocenters. The van der Waals surface area contributed by atoms with Crippen LogP contribution in [0, 0.1) is 0 Å². The third kappa shape index (κ3) is 3.45. The second-order valence-corrected chi connectivity index (χ2v) is 6.16. The third-order valence-electron chi connectivity index (χ3n) is 3.80. The first-order chi connectivity index (χ1) is 11.2. The van der Waals surface area contributed by atoms with Crippen LogP contribution in [-0.2, 0) is 17.8 Å². The molecule has 0 spiro atoms. The number of aromatic nitrogens is 2. The van der Waals surface area contributed by atoms with E-state index < -0.39 is 0 Å². The molecule has 3 aromatic rings. The molecule has 4 nitrogen and oxygen atoms in total. The number of aryl methyl sites for hydroxylation is 2. The van der Waals surface area contributed by atoms with Gasteiger partial charge in [0.05, 0.1) is 11.0 Å². The summed E-state index contributed by atoms with van der Waals surface area (Å²) in [7, 11) is 0. The molecule has 0 bridgehead atoms. The molecule has 0 radical (unpaired) electrons. The summed E-state index contributed by atoms with van der Waals surface area (Å²) in [6, 6.07) is 15.9. The van der Waals surface area contributed by atoms with Crippen LogP contribution in [-0.4, -0.2) is 15.5 Å². The standard InChI is InChI=1S/C18H18BrN3O/c1-2-22-16-10-6-5-9-15(16)20-18(22)21-17(23)12-11-13-7-3-4-8-14(13)19/h3-10H,2,11-12H2,1H3,(H,20,21,23). The Labute approximate surface area is 143 Å². The minimum absolute atomic E-state index is 0.0224. The fourth-order valence-electron chi connectivity index (χ4n) is 2.63. The average Bonchev–Trinajstić information content (AvgIpc) is 2.91. The molecule has 1 heterocycles. The number of fused-ring (bicyclic) bond motifs is 1. The Kier molecular flexibility index (Phi) is 4.76. The van der Waals surface area contributed by atoms with Crippen molar-refractivity contribution in [1.29, 1.82) is 0 Å². The van der Waals surface area contributed by atoms with Gasteiger partial charge in [-0.05, 0) is 37.1 Å². The van der Waals surface area contributed by atoms with Crippen LogP contribution in [0.4, 0.5) is 5.95 Å². The molecule has 5 heteroatoms. The van der Waals surface area contributed by atoms with E-state index in [9.17, 15) is 4.79 Å². The number of nitrogens with one attached hydrogen (secondary N) is 1. The van der Waals surface area contributed by atoms with Crippen molar-refractivity contribution in [2.75, 3.05) is 5.32 Å². The lowest BCUT2D eigenvalue weighted by Crippen LogP contribution is -2.16. The molecular formula is C18H18BrN3O. The predicted molar refractivity (Wildman–Crippen MR) is 96.5 cm³/mol. The highest BCUT2D eigenvalue weighted by Crippen LogP contribution is 2.20. The van der Waals surface area contributed by atoms with Gasteiger partial charge in [-0.25, -0.2) is 4.98 Å². The summed E-state index contributed by atoms with van der Waals surface area (Å²) < 4.78 is 3.06. The zero-order chi connectivity index (χ0) is 16.2. The molecule has 2 aromatic carbocycles. The number of carbonyl (C=O) groups excluding carboxylic acids is 1. The van der Waals surface area contributed by atoms with Crippen LogP contribution in [0.3, 0.4) is 0 Å². The minimum Gasteiger partial charge on any atom is -0.310 e. The predicted octanol–water partition coefficient (Wildman–Crippen LogP) is 4.39. The van der Waals surface area contributed by atoms with Crippen LogP contribution in [0.15, 0.2) is 53.0 Å². The van der Waals surface area contributed by atoms with Crippen molar-refractivity contribution in [2.24, 2.45) is 0 Å². The van der Waals surface area contributed by atoms with Gasteiger partial charge in [-0.1, -0.05) is 46.3 Å². The Balaban J connectivity index is 1.72. The highest BCUT2D eigenvalue weighted by molar-refractivity contribution is 9.10. The van der Waals surface area contributed by atoms with Crippen molar-refractivity contribution < 1.29 is 4.79 Å². The first kappa shape index (κ1) is 15.7. The molecule has 23 heavy (non-hydrogen) atoms. The van der Waals surface area contributed by atoms with E-state index in [1.54, 1.807) is 0 Å². The summed E-state index contributed by atoms with van der Waals surface area (Å²) in [6.07, 6.45) is 1.12. The van der Waals surface area contributed by atoms with E-state index in [4.69, 9.17) is 0 Å². The zero-order valence-corrected chi connectivity index (χ0v) is 14.5. The number of benzene rings is 2. The van der Waals surface area contributed by atoms with Crippen LogP contribution in [0.25, 0.3) is 11.0 Å². The van der Waals surface area contributed by atoms with E-state index >= 15 is 0 Å². The number of halogens is 1. The maximum atomic E-state index is 12.3. The lowest BCUT2D eigenvalue weighted by atomic mass is 10.1. The van der Waals surface area contributed by atoms with Gasteiger partial charge in [0.2, 0.25) is 11.9 Å². The monoisotopic (exact) mass is 371 g/mol. The first-order valence-corrected chi connectivity index (χ1v) is 8.47. The van der Waals surface area contributed by atoms with Gasteiger partial charge in [-0.3, -0.25) is 10.1 Å². The quantitative estimate of drug-likeness (QED) is 0.722. The molecule has 3 rings (SSSR count). The van der Waals surface area contributed by atoms with E-state index in [1.165, 1.54) is 0 Å². The summed E-state index contributed by atoms with van der Waals surface area (Å²) in [5.74, 6) is 0.594. The highest BCUT2D eigenvalue weighted by Gasteiger charge is 2.12. The summed E-state index contributed by atoms with van der Waals surface area (Å²) in [5.41, 5.74) is 3.07. The topological polar surface area (TPSA) is 46.9 Å². The normalized spacial score (nSPS) is 10.9. The first-order valence-electron chi connectivity index (χ1n) is 7.67. The molecule has 0 aliphatic heterocycles. The molecule has 0 fully saturated rings. The number of amides is 1. The maximum absolute atomic E-state index is 12.3. The number of nitrogens with zero attached hydrogens (tertiary/aromatic N) is 2. The summed E-state index contributed by atoms with van der Waals surface area (Å²) in [5, 5.41) is 2.94. The number of imidazole rings is 1. The van der Waals surface area contributed by atoms with Gasteiger partial charge in [0, 0.05) is 17.4 Å². The number of para-hydroxylation sites is 2. The van der Waals surface area contributed by atoms with Gasteiger partial charge in [0.1, 0.15) is 0 Å². The maximum Gasteiger partial charge on any atom is 0.227 e. The molecule has 1 aromatic heterocycles. The molecule has 0 saturated heterocycles. The Hall–Kier alpha value is -2.14. The van der Waals surface area contributed by atoms with Crippen LogP contribution >= 0.6 is 15.9 Å². The van der Waals surface area contributed by atoms with Gasteiger partial charge < -0.3 is 4.57 Å². The largest absolute Gasteiger partial charge is 0.310 e. The van der Waals surface area contributed by atoms with E-state index in [2.05, 4.69) is 26.2 Å². The third-order valence-corrected chi connectivity index (χ3v) is 4.57. The number of rotatable bonds is 5. The molecule has 0 unspecified atom stereocenters. The Morgan fingerprint density at radius 2 is 1.91 bits per heavy atom. The molecular weight excluding hydrogens is 354 g/mol. The smallest absolute Gasteiger partial charge is 0.227 e. The lowest BCUT2D eigenvalue weighted by molar-refractivity contribution is -0.116. The van der Waals surface area contributed by atoms with Crippen LogP contribution in [0.1, 0.15) is 18.9 Å². The summed E-state index contributed by atoms with van der Waals surface area (Å²) in [4.78, 5) is 16.8. The zero-order valence-electron chi connectivity index (χ0n) is 12.9. The van der Waals surface area contributed by atoms with Gasteiger partial charge in [-0.15, -0.1) is 0 Å². The fourth-order valence-corrected chi connectivity index (χ4v) is 3.11. The van der Waals surface area contributed by atoms with Crippen molar-refractivity contribution in [3.05, 3.63) is 58.6 Å². The second-order valence-electron chi connectivity index (χ2n) is 5.31. The van der Waals surface area contributed by atoms with Crippen molar-refractivity contribution in [3.8, 4) is 0 Å². The molecule has 118 valence electrons. The van der Waals surface area contributed by atoms with Crippen molar-refractivity contribution in [2.45, 2.75) is 26.3 Å². The Bertz CT molecular complexity index is 841. The van der Waals surface area contributed by atoms with Gasteiger partial charge in [0.15, 0.2) is 0 Å². The number of hydrogen-bond acceptors (Lipinski definition) is 2. The van der Waals surface area contributed by atoms with E-state index in [-0.39, 0.29) is 5.91 Å². The Morgan fingerprint density at radius 3 is 2.70 bits per heavy atom. The number of carbonyl (C=O) groups is 1. The number of hydrogen-bond donors (Lipinski definition) is 1. The molecule has 1 N–H and O–H groups in total. The second kappa shape index (κ2) is 6.96. The van der Waals surface area contributed by atoms with Crippen LogP contribution in [0.5, 0.6) is 0 Å². The minimum atomic E-state index is -0.0224. The average molecular weight is 372 g/mol. The summed E-state index contributed by atoms with van der Waals surface area (Å²) in [6.45, 7) is 2.81. The fraction of sp³-hybridized carbons (Fsp3) is 0.222. The van der Waals surface area contributed by atoms with E-state index in [0.29, 0.717) is 18.8 Å². The lowest BCUT2D eigenvalue weighted by Gasteiger charge is -2.08. The number of anilines is 1. The van der Waals surface area contributed by atoms with Crippen LogP contribution < -0.4 is 5.32 Å². The summed E-state index contributed by atoms with van der Waals surface area (Å²) >= 11 is 3.51. The van der Waals surface area contributed by atoms with Gasteiger partial charge in [0.25, 0.3) is 0 Å². The van der Waals surface area contributed by atoms with Crippen molar-refractivity contribution in [3.63, 3.8) is 0 Å². The van der Waals surface area contributed by atoms with Crippen molar-refractivity contribution in [1.82, 2.24) is 9.55 Å². The van der Waals surface area contributed by atoms with Crippen LogP contribution in [0.2, 0.25) is 0 Å². The molecule has 1 amide bonds. The highest BCUT2D eigenvalue weighted by atomic mass is 79.9. The molecule has 0 aliphatic rings. The van der Waals surface area contributed by atoms with Crippen molar-refractivity contribution >= 4 is 38.8 Å². The Morgan fingerprint density at radius 1 is 1.17 bits per heavy atom. The van der Waals surface area contributed by atoms with Gasteiger partial charge in [-0.2, -0.15) is 0 Å².